The van der Waals surface area contributed by atoms with Gasteiger partial charge in [0.2, 0.25) is 5.95 Å². The standard InChI is InChI=1S/C17H31N3/c1-6-8-9-15-13-18-16(19-14-15)20(11-7-2)12-10-17(3,4)5/h13-14H,6-12H2,1-5H3. The average Bonchev–Trinajstić information content (AvgIpc) is 2.41. The number of aromatic nitrogens is 2. The number of rotatable bonds is 8. The van der Waals surface area contributed by atoms with Crippen LogP contribution < -0.4 is 4.90 Å². The Morgan fingerprint density at radius 2 is 1.65 bits per heavy atom. The van der Waals surface area contributed by atoms with Gasteiger partial charge < -0.3 is 4.90 Å². The molecule has 20 heavy (non-hydrogen) atoms. The van der Waals surface area contributed by atoms with Gasteiger partial charge in [0.25, 0.3) is 0 Å². The number of aryl methyl sites for hydroxylation is 1. The van der Waals surface area contributed by atoms with Crippen LogP contribution in [0.5, 0.6) is 0 Å². The maximum absolute atomic E-state index is 4.57. The number of hydrogen-bond acceptors (Lipinski definition) is 3. The molecule has 0 aliphatic heterocycles. The van der Waals surface area contributed by atoms with Crippen molar-refractivity contribution in [3.8, 4) is 0 Å². The van der Waals surface area contributed by atoms with E-state index in [4.69, 9.17) is 0 Å². The molecule has 1 heterocycles. The van der Waals surface area contributed by atoms with Crippen LogP contribution in [0.25, 0.3) is 0 Å². The lowest BCUT2D eigenvalue weighted by atomic mass is 9.92. The molecule has 1 aromatic rings. The summed E-state index contributed by atoms with van der Waals surface area (Å²) in [6.07, 6.45) is 9.81. The van der Waals surface area contributed by atoms with Gasteiger partial charge >= 0.3 is 0 Å². The molecule has 0 bridgehead atoms. The summed E-state index contributed by atoms with van der Waals surface area (Å²) in [4.78, 5) is 11.4. The highest BCUT2D eigenvalue weighted by molar-refractivity contribution is 5.29. The molecule has 0 aliphatic carbocycles. The maximum Gasteiger partial charge on any atom is 0.225 e. The normalized spacial score (nSPS) is 11.7. The fourth-order valence-electron chi connectivity index (χ4n) is 2.07. The Morgan fingerprint density at radius 3 is 2.15 bits per heavy atom. The summed E-state index contributed by atoms with van der Waals surface area (Å²) in [6.45, 7) is 13.3. The predicted octanol–water partition coefficient (Wildman–Crippen LogP) is 4.47. The van der Waals surface area contributed by atoms with E-state index in [0.717, 1.165) is 38.3 Å². The van der Waals surface area contributed by atoms with Gasteiger partial charge in [-0.3, -0.25) is 0 Å². The Bertz CT molecular complexity index is 365. The maximum atomic E-state index is 4.57. The van der Waals surface area contributed by atoms with Crippen LogP contribution in [-0.2, 0) is 6.42 Å². The molecular weight excluding hydrogens is 246 g/mol. The molecule has 0 amide bonds. The third-order valence-corrected chi connectivity index (χ3v) is 3.42. The molecule has 0 saturated heterocycles. The summed E-state index contributed by atoms with van der Waals surface area (Å²) in [5, 5.41) is 0. The Kier molecular flexibility index (Phi) is 6.97. The molecule has 0 spiro atoms. The van der Waals surface area contributed by atoms with Crippen LogP contribution in [0.3, 0.4) is 0 Å². The van der Waals surface area contributed by atoms with E-state index in [1.807, 2.05) is 12.4 Å². The quantitative estimate of drug-likeness (QED) is 0.702. The highest BCUT2D eigenvalue weighted by Gasteiger charge is 2.15. The van der Waals surface area contributed by atoms with Crippen LogP contribution in [0.4, 0.5) is 5.95 Å². The summed E-state index contributed by atoms with van der Waals surface area (Å²) in [7, 11) is 0. The van der Waals surface area contributed by atoms with Crippen LogP contribution in [-0.4, -0.2) is 23.1 Å². The van der Waals surface area contributed by atoms with Crippen LogP contribution >= 0.6 is 0 Å². The lowest BCUT2D eigenvalue weighted by molar-refractivity contribution is 0.377. The summed E-state index contributed by atoms with van der Waals surface area (Å²) in [5.41, 5.74) is 1.61. The van der Waals surface area contributed by atoms with Crippen LogP contribution in [0.15, 0.2) is 12.4 Å². The predicted molar refractivity (Wildman–Crippen MR) is 87.2 cm³/mol. The molecule has 0 saturated carbocycles. The molecule has 0 atom stereocenters. The van der Waals surface area contributed by atoms with Crippen molar-refractivity contribution < 1.29 is 0 Å². The topological polar surface area (TPSA) is 29.0 Å². The van der Waals surface area contributed by atoms with E-state index >= 15 is 0 Å². The molecule has 0 unspecified atom stereocenters. The molecule has 114 valence electrons. The van der Waals surface area contributed by atoms with Gasteiger partial charge in [-0.05, 0) is 36.7 Å². The summed E-state index contributed by atoms with van der Waals surface area (Å²) in [5.74, 6) is 0.886. The minimum atomic E-state index is 0.354. The first-order chi connectivity index (χ1) is 9.46. The number of hydrogen-bond donors (Lipinski definition) is 0. The number of nitrogens with zero attached hydrogens (tertiary/aromatic N) is 3. The Hall–Kier alpha value is -1.12. The lowest BCUT2D eigenvalue weighted by Gasteiger charge is -2.26. The summed E-state index contributed by atoms with van der Waals surface area (Å²) in [6, 6.07) is 0. The fraction of sp³-hybridized carbons (Fsp3) is 0.765. The van der Waals surface area contributed by atoms with Gasteiger partial charge in [0, 0.05) is 25.5 Å². The van der Waals surface area contributed by atoms with Gasteiger partial charge in [0.1, 0.15) is 0 Å². The fourth-order valence-corrected chi connectivity index (χ4v) is 2.07. The summed E-state index contributed by atoms with van der Waals surface area (Å²) < 4.78 is 0. The first-order valence-corrected chi connectivity index (χ1v) is 8.02. The van der Waals surface area contributed by atoms with Crippen molar-refractivity contribution in [2.45, 2.75) is 66.7 Å². The van der Waals surface area contributed by atoms with E-state index in [0.29, 0.717) is 5.41 Å². The zero-order valence-corrected chi connectivity index (χ0v) is 13.9. The molecule has 0 aliphatic rings. The SMILES string of the molecule is CCCCc1cnc(N(CCC)CCC(C)(C)C)nc1. The minimum absolute atomic E-state index is 0.354. The average molecular weight is 277 g/mol. The zero-order chi connectivity index (χ0) is 15.0. The lowest BCUT2D eigenvalue weighted by Crippen LogP contribution is -2.29. The highest BCUT2D eigenvalue weighted by Crippen LogP contribution is 2.20. The molecule has 0 fully saturated rings. The van der Waals surface area contributed by atoms with Crippen molar-refractivity contribution in [3.63, 3.8) is 0 Å². The minimum Gasteiger partial charge on any atom is -0.341 e. The smallest absolute Gasteiger partial charge is 0.225 e. The Labute approximate surface area is 124 Å². The first-order valence-electron chi connectivity index (χ1n) is 8.02. The van der Waals surface area contributed by atoms with Crippen LogP contribution in [0.2, 0.25) is 0 Å². The van der Waals surface area contributed by atoms with Crippen molar-refractivity contribution >= 4 is 5.95 Å². The summed E-state index contributed by atoms with van der Waals surface area (Å²) >= 11 is 0. The molecule has 3 heteroatoms. The molecule has 0 N–H and O–H groups in total. The van der Waals surface area contributed by atoms with E-state index in [2.05, 4.69) is 49.5 Å². The first kappa shape index (κ1) is 16.9. The molecule has 1 rings (SSSR count). The highest BCUT2D eigenvalue weighted by atomic mass is 15.2. The van der Waals surface area contributed by atoms with E-state index < -0.39 is 0 Å². The third-order valence-electron chi connectivity index (χ3n) is 3.42. The number of anilines is 1. The largest absolute Gasteiger partial charge is 0.341 e. The van der Waals surface area contributed by atoms with Crippen LogP contribution in [0, 0.1) is 5.41 Å². The van der Waals surface area contributed by atoms with E-state index in [1.54, 1.807) is 0 Å². The van der Waals surface area contributed by atoms with E-state index in [9.17, 15) is 0 Å². The molecule has 3 nitrogen and oxygen atoms in total. The van der Waals surface area contributed by atoms with E-state index in [-0.39, 0.29) is 0 Å². The van der Waals surface area contributed by atoms with Gasteiger partial charge in [-0.1, -0.05) is 41.0 Å². The third kappa shape index (κ3) is 6.36. The van der Waals surface area contributed by atoms with Crippen molar-refractivity contribution in [2.24, 2.45) is 5.41 Å². The number of unbranched alkanes of at least 4 members (excludes halogenated alkanes) is 1. The van der Waals surface area contributed by atoms with E-state index in [1.165, 1.54) is 18.4 Å². The van der Waals surface area contributed by atoms with Gasteiger partial charge in [0.15, 0.2) is 0 Å². The molecule has 1 aromatic heterocycles. The van der Waals surface area contributed by atoms with Gasteiger partial charge in [-0.25, -0.2) is 9.97 Å². The Morgan fingerprint density at radius 1 is 1.00 bits per heavy atom. The van der Waals surface area contributed by atoms with Crippen molar-refractivity contribution in [1.82, 2.24) is 9.97 Å². The second-order valence-electron chi connectivity index (χ2n) is 6.79. The zero-order valence-electron chi connectivity index (χ0n) is 13.9. The van der Waals surface area contributed by atoms with Gasteiger partial charge in [-0.15, -0.1) is 0 Å². The van der Waals surface area contributed by atoms with Crippen molar-refractivity contribution in [2.75, 3.05) is 18.0 Å². The second kappa shape index (κ2) is 8.23. The molecule has 0 aromatic carbocycles. The second-order valence-corrected chi connectivity index (χ2v) is 6.79. The van der Waals surface area contributed by atoms with Gasteiger partial charge in [0.05, 0.1) is 0 Å². The van der Waals surface area contributed by atoms with Gasteiger partial charge in [-0.2, -0.15) is 0 Å². The molecular formula is C17H31N3. The monoisotopic (exact) mass is 277 g/mol. The van der Waals surface area contributed by atoms with Crippen molar-refractivity contribution in [3.05, 3.63) is 18.0 Å². The van der Waals surface area contributed by atoms with Crippen LogP contribution in [0.1, 0.15) is 65.9 Å². The molecule has 0 radical (unpaired) electrons. The Balaban J connectivity index is 2.66. The van der Waals surface area contributed by atoms with Crippen molar-refractivity contribution in [1.29, 1.82) is 0 Å².